The van der Waals surface area contributed by atoms with Gasteiger partial charge in [-0.1, -0.05) is 11.8 Å². The summed E-state index contributed by atoms with van der Waals surface area (Å²) in [6.45, 7) is 0. The molecule has 1 saturated carbocycles. The first-order chi connectivity index (χ1) is 11.0. The zero-order valence-corrected chi connectivity index (χ0v) is 14.3. The summed E-state index contributed by atoms with van der Waals surface area (Å²) >= 11 is 2.58. The van der Waals surface area contributed by atoms with Gasteiger partial charge < -0.3 is 5.32 Å². The number of carbonyl (C=O) groups excluding carboxylic acids is 1. The Kier molecular flexibility index (Phi) is 4.41. The molecule has 0 radical (unpaired) electrons. The molecule has 23 heavy (non-hydrogen) atoms. The largest absolute Gasteiger partial charge is 0.337 e. The first kappa shape index (κ1) is 16.0. The van der Waals surface area contributed by atoms with Crippen LogP contribution >= 0.6 is 23.1 Å². The van der Waals surface area contributed by atoms with Gasteiger partial charge in [0, 0.05) is 7.05 Å². The number of hydrogen-bond acceptors (Lipinski definition) is 6. The number of amides is 1. The lowest BCUT2D eigenvalue weighted by atomic mass is 10.0. The van der Waals surface area contributed by atoms with Gasteiger partial charge in [0.1, 0.15) is 10.2 Å². The predicted octanol–water partition coefficient (Wildman–Crippen LogP) is 2.04. The number of rotatable bonds is 4. The van der Waals surface area contributed by atoms with E-state index in [1.807, 2.05) is 5.38 Å². The molecule has 2 heterocycles. The minimum Gasteiger partial charge on any atom is -0.337 e. The van der Waals surface area contributed by atoms with Crippen molar-refractivity contribution in [2.75, 3.05) is 5.75 Å². The second-order valence-corrected chi connectivity index (χ2v) is 7.49. The van der Waals surface area contributed by atoms with Crippen LogP contribution in [0.2, 0.25) is 0 Å². The Bertz CT molecular complexity index is 843. The van der Waals surface area contributed by atoms with Gasteiger partial charge in [0.2, 0.25) is 5.91 Å². The Balaban J connectivity index is 1.71. The molecule has 1 fully saturated rings. The Labute approximate surface area is 141 Å². The molecular weight excluding hydrogens is 332 g/mol. The van der Waals surface area contributed by atoms with Crippen LogP contribution in [0, 0.1) is 11.3 Å². The van der Waals surface area contributed by atoms with E-state index < -0.39 is 5.54 Å². The van der Waals surface area contributed by atoms with Gasteiger partial charge in [-0.05, 0) is 37.1 Å². The molecular formula is C15H16N4O2S2. The van der Waals surface area contributed by atoms with E-state index in [1.54, 1.807) is 13.1 Å². The van der Waals surface area contributed by atoms with E-state index in [0.29, 0.717) is 28.2 Å². The van der Waals surface area contributed by atoms with E-state index in [4.69, 9.17) is 0 Å². The van der Waals surface area contributed by atoms with Gasteiger partial charge >= 0.3 is 0 Å². The van der Waals surface area contributed by atoms with Crippen molar-refractivity contribution in [3.8, 4) is 6.07 Å². The van der Waals surface area contributed by atoms with Gasteiger partial charge in [0.25, 0.3) is 5.56 Å². The lowest BCUT2D eigenvalue weighted by Gasteiger charge is -2.21. The van der Waals surface area contributed by atoms with Crippen molar-refractivity contribution in [3.63, 3.8) is 0 Å². The number of nitrogens with one attached hydrogen (secondary N) is 1. The summed E-state index contributed by atoms with van der Waals surface area (Å²) in [6.07, 6.45) is 3.34. The summed E-state index contributed by atoms with van der Waals surface area (Å²) in [7, 11) is 1.66. The SMILES string of the molecule is Cn1c(SCC(=O)NC2(C#N)CCCC2)nc2ccsc2c1=O. The normalized spacial score (nSPS) is 16.3. The molecule has 1 amide bonds. The maximum Gasteiger partial charge on any atom is 0.271 e. The molecule has 0 spiro atoms. The summed E-state index contributed by atoms with van der Waals surface area (Å²) in [6, 6.07) is 4.04. The van der Waals surface area contributed by atoms with Gasteiger partial charge in [-0.2, -0.15) is 5.26 Å². The third-order valence-corrected chi connectivity index (χ3v) is 5.95. The number of nitrogens with zero attached hydrogens (tertiary/aromatic N) is 3. The lowest BCUT2D eigenvalue weighted by molar-refractivity contribution is -0.119. The van der Waals surface area contributed by atoms with Crippen LogP contribution in [0.1, 0.15) is 25.7 Å². The van der Waals surface area contributed by atoms with Gasteiger partial charge in [-0.25, -0.2) is 4.98 Å². The zero-order valence-electron chi connectivity index (χ0n) is 12.7. The van der Waals surface area contributed by atoms with Gasteiger partial charge in [0.15, 0.2) is 5.16 Å². The van der Waals surface area contributed by atoms with Crippen LogP contribution in [0.15, 0.2) is 21.4 Å². The van der Waals surface area contributed by atoms with Crippen molar-refractivity contribution < 1.29 is 4.79 Å². The number of nitriles is 1. The molecule has 1 aliphatic carbocycles. The van der Waals surface area contributed by atoms with Crippen LogP contribution in [0.25, 0.3) is 10.2 Å². The smallest absolute Gasteiger partial charge is 0.271 e. The lowest BCUT2D eigenvalue weighted by Crippen LogP contribution is -2.45. The summed E-state index contributed by atoms with van der Waals surface area (Å²) in [4.78, 5) is 28.8. The molecule has 0 aliphatic heterocycles. The van der Waals surface area contributed by atoms with E-state index in [0.717, 1.165) is 12.8 Å². The molecule has 0 saturated heterocycles. The standard InChI is InChI=1S/C15H16N4O2S2/c1-19-13(21)12-10(4-7-22-12)17-14(19)23-8-11(20)18-15(9-16)5-2-3-6-15/h4,7H,2-3,5-6,8H2,1H3,(H,18,20). The van der Waals surface area contributed by atoms with Crippen molar-refractivity contribution in [1.82, 2.24) is 14.9 Å². The Morgan fingerprint density at radius 2 is 2.30 bits per heavy atom. The monoisotopic (exact) mass is 348 g/mol. The van der Waals surface area contributed by atoms with Gasteiger partial charge in [0.05, 0.1) is 17.3 Å². The van der Waals surface area contributed by atoms with Crippen LogP contribution in [-0.2, 0) is 11.8 Å². The second kappa shape index (κ2) is 6.34. The average molecular weight is 348 g/mol. The van der Waals surface area contributed by atoms with Gasteiger partial charge in [-0.3, -0.25) is 14.2 Å². The van der Waals surface area contributed by atoms with E-state index in [-0.39, 0.29) is 17.2 Å². The molecule has 6 nitrogen and oxygen atoms in total. The fourth-order valence-corrected chi connectivity index (χ4v) is 4.35. The average Bonchev–Trinajstić information content (AvgIpc) is 3.19. The number of fused-ring (bicyclic) bond motifs is 1. The highest BCUT2D eigenvalue weighted by molar-refractivity contribution is 7.99. The van der Waals surface area contributed by atoms with Crippen LogP contribution < -0.4 is 10.9 Å². The molecule has 2 aromatic rings. The number of thioether (sulfide) groups is 1. The summed E-state index contributed by atoms with van der Waals surface area (Å²) in [5.41, 5.74) is -0.156. The number of carbonyl (C=O) groups is 1. The Morgan fingerprint density at radius 3 is 3.00 bits per heavy atom. The number of thiophene rings is 1. The Hall–Kier alpha value is -1.85. The minimum absolute atomic E-state index is 0.0998. The third kappa shape index (κ3) is 3.12. The summed E-state index contributed by atoms with van der Waals surface area (Å²) < 4.78 is 2.09. The number of aromatic nitrogens is 2. The molecule has 0 bridgehead atoms. The van der Waals surface area contributed by atoms with Crippen LogP contribution in [0.5, 0.6) is 0 Å². The predicted molar refractivity (Wildman–Crippen MR) is 90.5 cm³/mol. The fourth-order valence-electron chi connectivity index (χ4n) is 2.77. The maximum atomic E-state index is 12.2. The molecule has 8 heteroatoms. The molecule has 1 aliphatic rings. The van der Waals surface area contributed by atoms with Crippen LogP contribution in [-0.4, -0.2) is 26.8 Å². The number of hydrogen-bond donors (Lipinski definition) is 1. The zero-order chi connectivity index (χ0) is 16.4. The van der Waals surface area contributed by atoms with E-state index in [2.05, 4.69) is 16.4 Å². The third-order valence-electron chi connectivity index (χ3n) is 4.03. The molecule has 3 rings (SSSR count). The molecule has 1 N–H and O–H groups in total. The van der Waals surface area contributed by atoms with Crippen molar-refractivity contribution in [1.29, 1.82) is 5.26 Å². The molecule has 2 aromatic heterocycles. The fraction of sp³-hybridized carbons (Fsp3) is 0.467. The van der Waals surface area contributed by atoms with Crippen LogP contribution in [0.4, 0.5) is 0 Å². The summed E-state index contributed by atoms with van der Waals surface area (Å²) in [5.74, 6) is -0.0579. The van der Waals surface area contributed by atoms with Crippen molar-refractivity contribution >= 4 is 39.2 Å². The Morgan fingerprint density at radius 1 is 1.57 bits per heavy atom. The van der Waals surface area contributed by atoms with Gasteiger partial charge in [-0.15, -0.1) is 11.3 Å². The highest BCUT2D eigenvalue weighted by Crippen LogP contribution is 2.29. The first-order valence-electron chi connectivity index (χ1n) is 7.34. The second-order valence-electron chi connectivity index (χ2n) is 5.63. The van der Waals surface area contributed by atoms with E-state index in [9.17, 15) is 14.9 Å². The molecule has 0 aromatic carbocycles. The van der Waals surface area contributed by atoms with Crippen LogP contribution in [0.3, 0.4) is 0 Å². The minimum atomic E-state index is -0.714. The van der Waals surface area contributed by atoms with Crippen molar-refractivity contribution in [2.45, 2.75) is 36.4 Å². The highest BCUT2D eigenvalue weighted by Gasteiger charge is 2.35. The van der Waals surface area contributed by atoms with E-state index in [1.165, 1.54) is 27.7 Å². The topological polar surface area (TPSA) is 87.8 Å². The first-order valence-corrected chi connectivity index (χ1v) is 9.20. The molecule has 0 unspecified atom stereocenters. The van der Waals surface area contributed by atoms with E-state index >= 15 is 0 Å². The quantitative estimate of drug-likeness (QED) is 0.675. The highest BCUT2D eigenvalue weighted by atomic mass is 32.2. The molecule has 0 atom stereocenters. The summed E-state index contributed by atoms with van der Waals surface area (Å²) in [5, 5.41) is 14.5. The van der Waals surface area contributed by atoms with Crippen molar-refractivity contribution in [2.24, 2.45) is 7.05 Å². The molecule has 120 valence electrons. The maximum absolute atomic E-state index is 12.2. The van der Waals surface area contributed by atoms with Crippen molar-refractivity contribution in [3.05, 3.63) is 21.8 Å².